The van der Waals surface area contributed by atoms with Crippen LogP contribution in [0.1, 0.15) is 16.1 Å². The number of aromatic hydroxyl groups is 1. The summed E-state index contributed by atoms with van der Waals surface area (Å²) in [4.78, 5) is 22.2. The van der Waals surface area contributed by atoms with Gasteiger partial charge in [-0.3, -0.25) is 19.6 Å². The van der Waals surface area contributed by atoms with Crippen molar-refractivity contribution < 1.29 is 14.8 Å². The molecule has 0 saturated carbocycles. The quantitative estimate of drug-likeness (QED) is 0.638. The van der Waals surface area contributed by atoms with Gasteiger partial charge in [0.05, 0.1) is 17.2 Å². The van der Waals surface area contributed by atoms with E-state index < -0.39 is 10.8 Å². The van der Waals surface area contributed by atoms with Gasteiger partial charge >= 0.3 is 0 Å². The number of nitro benzene ring substituents is 1. The van der Waals surface area contributed by atoms with Crippen LogP contribution in [-0.4, -0.2) is 25.7 Å². The van der Waals surface area contributed by atoms with E-state index in [4.69, 9.17) is 0 Å². The molecular weight excluding hydrogens is 264 g/mol. The SMILES string of the molecule is Cn1nccc1CNC(=O)c1cc(O)ccc1[N+](=O)[O-]. The first-order valence-corrected chi connectivity index (χ1v) is 5.71. The second-order valence-electron chi connectivity index (χ2n) is 4.09. The summed E-state index contributed by atoms with van der Waals surface area (Å²) in [5.74, 6) is -0.838. The van der Waals surface area contributed by atoms with Crippen molar-refractivity contribution >= 4 is 11.6 Å². The molecule has 0 fully saturated rings. The lowest BCUT2D eigenvalue weighted by Gasteiger charge is -2.06. The first-order valence-electron chi connectivity index (χ1n) is 5.71. The van der Waals surface area contributed by atoms with Crippen LogP contribution in [0.5, 0.6) is 5.75 Å². The van der Waals surface area contributed by atoms with Gasteiger partial charge in [0.2, 0.25) is 0 Å². The van der Waals surface area contributed by atoms with E-state index in [1.165, 1.54) is 0 Å². The van der Waals surface area contributed by atoms with Gasteiger partial charge in [0.1, 0.15) is 11.3 Å². The predicted molar refractivity (Wildman–Crippen MR) is 69.1 cm³/mol. The van der Waals surface area contributed by atoms with Crippen molar-refractivity contribution in [3.63, 3.8) is 0 Å². The monoisotopic (exact) mass is 276 g/mol. The van der Waals surface area contributed by atoms with Crippen LogP contribution in [-0.2, 0) is 13.6 Å². The van der Waals surface area contributed by atoms with Gasteiger partial charge in [0.25, 0.3) is 11.6 Å². The topological polar surface area (TPSA) is 110 Å². The number of benzene rings is 1. The molecule has 1 aromatic carbocycles. The highest BCUT2D eigenvalue weighted by Gasteiger charge is 2.20. The van der Waals surface area contributed by atoms with Crippen LogP contribution in [0.3, 0.4) is 0 Å². The minimum absolute atomic E-state index is 0.183. The Hall–Kier alpha value is -2.90. The number of hydrogen-bond donors (Lipinski definition) is 2. The molecule has 0 bridgehead atoms. The molecule has 0 spiro atoms. The normalized spacial score (nSPS) is 10.2. The number of nitro groups is 1. The number of hydrogen-bond acceptors (Lipinski definition) is 5. The van der Waals surface area contributed by atoms with Crippen LogP contribution in [0.15, 0.2) is 30.5 Å². The molecule has 0 saturated heterocycles. The van der Waals surface area contributed by atoms with Gasteiger partial charge in [-0.15, -0.1) is 0 Å². The number of carbonyl (C=O) groups excluding carboxylic acids is 1. The highest BCUT2D eigenvalue weighted by Crippen LogP contribution is 2.23. The lowest BCUT2D eigenvalue weighted by atomic mass is 10.1. The maximum Gasteiger partial charge on any atom is 0.282 e. The van der Waals surface area contributed by atoms with Crippen molar-refractivity contribution in [2.45, 2.75) is 6.54 Å². The van der Waals surface area contributed by atoms with E-state index in [1.807, 2.05) is 0 Å². The number of rotatable bonds is 4. The van der Waals surface area contributed by atoms with Crippen LogP contribution in [0.2, 0.25) is 0 Å². The molecule has 2 aromatic rings. The van der Waals surface area contributed by atoms with Crippen molar-refractivity contribution in [3.8, 4) is 5.75 Å². The Morgan fingerprint density at radius 1 is 1.50 bits per heavy atom. The molecule has 0 radical (unpaired) electrons. The maximum absolute atomic E-state index is 12.0. The Bertz CT molecular complexity index is 665. The minimum atomic E-state index is -0.668. The summed E-state index contributed by atoms with van der Waals surface area (Å²) < 4.78 is 1.58. The molecule has 2 N–H and O–H groups in total. The second-order valence-corrected chi connectivity index (χ2v) is 4.09. The largest absolute Gasteiger partial charge is 0.508 e. The van der Waals surface area contributed by atoms with Gasteiger partial charge in [0.15, 0.2) is 0 Å². The lowest BCUT2D eigenvalue weighted by molar-refractivity contribution is -0.385. The maximum atomic E-state index is 12.0. The van der Waals surface area contributed by atoms with Gasteiger partial charge in [-0.2, -0.15) is 5.10 Å². The van der Waals surface area contributed by atoms with Gasteiger partial charge in [-0.1, -0.05) is 0 Å². The molecule has 104 valence electrons. The number of nitrogens with zero attached hydrogens (tertiary/aromatic N) is 3. The molecule has 0 unspecified atom stereocenters. The summed E-state index contributed by atoms with van der Waals surface area (Å²) in [7, 11) is 1.72. The molecule has 0 aliphatic rings. The fourth-order valence-electron chi connectivity index (χ4n) is 1.71. The van der Waals surface area contributed by atoms with E-state index in [0.717, 1.165) is 23.9 Å². The third-order valence-electron chi connectivity index (χ3n) is 2.77. The lowest BCUT2D eigenvalue weighted by Crippen LogP contribution is -2.24. The average molecular weight is 276 g/mol. The Labute approximate surface area is 113 Å². The van der Waals surface area contributed by atoms with Crippen molar-refractivity contribution in [2.75, 3.05) is 0 Å². The van der Waals surface area contributed by atoms with Crippen molar-refractivity contribution in [3.05, 3.63) is 51.8 Å². The van der Waals surface area contributed by atoms with Crippen molar-refractivity contribution in [1.82, 2.24) is 15.1 Å². The Morgan fingerprint density at radius 3 is 2.85 bits per heavy atom. The number of phenols is 1. The van der Waals surface area contributed by atoms with Crippen LogP contribution < -0.4 is 5.32 Å². The summed E-state index contributed by atoms with van der Waals surface area (Å²) in [6, 6.07) is 5.04. The first-order chi connectivity index (χ1) is 9.49. The van der Waals surface area contributed by atoms with Gasteiger partial charge in [-0.05, 0) is 18.2 Å². The molecule has 0 atom stereocenters. The highest BCUT2D eigenvalue weighted by molar-refractivity contribution is 5.98. The van der Waals surface area contributed by atoms with Gasteiger partial charge in [-0.25, -0.2) is 0 Å². The average Bonchev–Trinajstić information content (AvgIpc) is 2.81. The summed E-state index contributed by atoms with van der Waals surface area (Å²) in [6.45, 7) is 0.183. The van der Waals surface area contributed by atoms with Crippen molar-refractivity contribution in [1.29, 1.82) is 0 Å². The van der Waals surface area contributed by atoms with E-state index >= 15 is 0 Å². The van der Waals surface area contributed by atoms with Crippen LogP contribution >= 0.6 is 0 Å². The first kappa shape index (κ1) is 13.5. The smallest absolute Gasteiger partial charge is 0.282 e. The Balaban J connectivity index is 2.19. The molecular formula is C12H12N4O4. The van der Waals surface area contributed by atoms with E-state index in [1.54, 1.807) is 24.0 Å². The summed E-state index contributed by atoms with van der Waals surface area (Å²) in [6.07, 6.45) is 1.58. The molecule has 8 heteroatoms. The number of nitrogens with one attached hydrogen (secondary N) is 1. The molecule has 20 heavy (non-hydrogen) atoms. The molecule has 8 nitrogen and oxygen atoms in total. The van der Waals surface area contributed by atoms with Gasteiger partial charge < -0.3 is 10.4 Å². The van der Waals surface area contributed by atoms with Crippen molar-refractivity contribution in [2.24, 2.45) is 7.05 Å². The summed E-state index contributed by atoms with van der Waals surface area (Å²) in [5.41, 5.74) is 0.212. The number of amides is 1. The zero-order valence-corrected chi connectivity index (χ0v) is 10.6. The van der Waals surface area contributed by atoms with Crippen LogP contribution in [0, 0.1) is 10.1 Å². The standard InChI is InChI=1S/C12H12N4O4/c1-15-8(4-5-14-15)7-13-12(18)10-6-9(17)2-3-11(10)16(19)20/h2-6,17H,7H2,1H3,(H,13,18). The Morgan fingerprint density at radius 2 is 2.25 bits per heavy atom. The van der Waals surface area contributed by atoms with Crippen LogP contribution in [0.25, 0.3) is 0 Å². The molecule has 2 rings (SSSR count). The molecule has 1 heterocycles. The van der Waals surface area contributed by atoms with E-state index in [9.17, 15) is 20.0 Å². The number of aromatic nitrogens is 2. The predicted octanol–water partition coefficient (Wildman–Crippen LogP) is 0.964. The second kappa shape index (κ2) is 5.39. The zero-order valence-electron chi connectivity index (χ0n) is 10.6. The van der Waals surface area contributed by atoms with Crippen LogP contribution in [0.4, 0.5) is 5.69 Å². The number of carbonyl (C=O) groups is 1. The fourth-order valence-corrected chi connectivity index (χ4v) is 1.71. The minimum Gasteiger partial charge on any atom is -0.508 e. The Kier molecular flexibility index (Phi) is 3.65. The third-order valence-corrected chi connectivity index (χ3v) is 2.77. The highest BCUT2D eigenvalue weighted by atomic mass is 16.6. The fraction of sp³-hybridized carbons (Fsp3) is 0.167. The van der Waals surface area contributed by atoms with E-state index in [-0.39, 0.29) is 23.5 Å². The zero-order chi connectivity index (χ0) is 14.7. The molecule has 1 amide bonds. The summed E-state index contributed by atoms with van der Waals surface area (Å²) >= 11 is 0. The molecule has 1 aromatic heterocycles. The van der Waals surface area contributed by atoms with Gasteiger partial charge in [0, 0.05) is 19.3 Å². The third kappa shape index (κ3) is 2.74. The number of phenolic OH excluding ortho intramolecular Hbond substituents is 1. The van der Waals surface area contributed by atoms with E-state index in [0.29, 0.717) is 0 Å². The number of aryl methyl sites for hydroxylation is 1. The molecule has 0 aliphatic heterocycles. The van der Waals surface area contributed by atoms with E-state index in [2.05, 4.69) is 10.4 Å². The summed E-state index contributed by atoms with van der Waals surface area (Å²) in [5, 5.41) is 26.7. The molecule has 0 aliphatic carbocycles.